The molecule has 0 spiro atoms. The van der Waals surface area contributed by atoms with Gasteiger partial charge in [-0.1, -0.05) is 53.7 Å². The zero-order chi connectivity index (χ0) is 18.5. The third kappa shape index (κ3) is 4.20. The van der Waals surface area contributed by atoms with Gasteiger partial charge in [-0.05, 0) is 17.7 Å². The molecule has 1 amide bonds. The van der Waals surface area contributed by atoms with Crippen molar-refractivity contribution in [2.45, 2.75) is 25.5 Å². The number of amides is 1. The molecule has 3 aromatic rings. The maximum absolute atomic E-state index is 12.3. The largest absolute Gasteiger partial charge is 0.382 e. The molecule has 1 N–H and O–H groups in total. The minimum atomic E-state index is -0.590. The minimum absolute atomic E-state index is 0.198. The third-order valence-corrected chi connectivity index (χ3v) is 4.24. The number of nitrogens with one attached hydrogen (secondary N) is 1. The lowest BCUT2D eigenvalue weighted by atomic mass is 10.0. The molecule has 1 atom stereocenters. The highest BCUT2D eigenvalue weighted by atomic mass is 16.6. The van der Waals surface area contributed by atoms with E-state index >= 15 is 0 Å². The van der Waals surface area contributed by atoms with Gasteiger partial charge in [0.1, 0.15) is 5.69 Å². The lowest BCUT2D eigenvalue weighted by Gasteiger charge is -2.08. The van der Waals surface area contributed by atoms with Crippen LogP contribution < -0.4 is 5.32 Å². The van der Waals surface area contributed by atoms with Gasteiger partial charge < -0.3 is 10.2 Å². The van der Waals surface area contributed by atoms with Gasteiger partial charge in [0.15, 0.2) is 0 Å². The molecule has 7 heteroatoms. The van der Waals surface area contributed by atoms with Crippen molar-refractivity contribution >= 4 is 11.6 Å². The predicted molar refractivity (Wildman–Crippen MR) is 100 cm³/mol. The Kier molecular flexibility index (Phi) is 4.91. The molecule has 27 heavy (non-hydrogen) atoms. The van der Waals surface area contributed by atoms with Crippen molar-refractivity contribution in [3.05, 3.63) is 78.1 Å². The van der Waals surface area contributed by atoms with Crippen LogP contribution in [0, 0.1) is 0 Å². The molecule has 0 unspecified atom stereocenters. The molecule has 1 aromatic heterocycles. The second-order valence-corrected chi connectivity index (χ2v) is 6.30. The molecule has 4 rings (SSSR count). The molecule has 2 aromatic carbocycles. The van der Waals surface area contributed by atoms with E-state index in [-0.39, 0.29) is 5.91 Å². The van der Waals surface area contributed by atoms with Crippen molar-refractivity contribution in [2.24, 2.45) is 5.16 Å². The van der Waals surface area contributed by atoms with Crippen LogP contribution in [0.1, 0.15) is 17.7 Å². The molecule has 1 aliphatic rings. The molecular formula is C20H19N5O2. The highest BCUT2D eigenvalue weighted by Crippen LogP contribution is 2.15. The van der Waals surface area contributed by atoms with E-state index in [0.29, 0.717) is 25.1 Å². The Balaban J connectivity index is 1.28. The van der Waals surface area contributed by atoms with E-state index in [2.05, 4.69) is 20.7 Å². The summed E-state index contributed by atoms with van der Waals surface area (Å²) in [4.78, 5) is 19.2. The van der Waals surface area contributed by atoms with E-state index in [9.17, 15) is 4.79 Å². The monoisotopic (exact) mass is 361 g/mol. The van der Waals surface area contributed by atoms with Gasteiger partial charge >= 0.3 is 0 Å². The van der Waals surface area contributed by atoms with E-state index in [4.69, 9.17) is 4.84 Å². The number of hydrogen-bond acceptors (Lipinski definition) is 5. The van der Waals surface area contributed by atoms with E-state index in [1.807, 2.05) is 60.7 Å². The fourth-order valence-electron chi connectivity index (χ4n) is 2.86. The first-order chi connectivity index (χ1) is 13.3. The van der Waals surface area contributed by atoms with Gasteiger partial charge in [-0.15, -0.1) is 0 Å². The van der Waals surface area contributed by atoms with Crippen LogP contribution in [-0.4, -0.2) is 32.7 Å². The van der Waals surface area contributed by atoms with Crippen molar-refractivity contribution in [1.29, 1.82) is 0 Å². The second-order valence-electron chi connectivity index (χ2n) is 6.30. The summed E-state index contributed by atoms with van der Waals surface area (Å²) in [5.41, 5.74) is 3.57. The standard InChI is InChI=1S/C20H19N5O2/c26-20(19-12-16(24-27-19)11-15-7-3-1-4-8-15)21-13-17-14-22-25(23-17)18-9-5-2-6-10-18/h1-10,14,19H,11-13H2,(H,21,26)/t19-/m1/s1. The van der Waals surface area contributed by atoms with Crippen molar-refractivity contribution in [1.82, 2.24) is 20.3 Å². The second kappa shape index (κ2) is 7.82. The van der Waals surface area contributed by atoms with Crippen LogP contribution in [0.5, 0.6) is 0 Å². The van der Waals surface area contributed by atoms with Crippen molar-refractivity contribution in [2.75, 3.05) is 0 Å². The highest BCUT2D eigenvalue weighted by Gasteiger charge is 2.28. The summed E-state index contributed by atoms with van der Waals surface area (Å²) in [5.74, 6) is -0.198. The molecule has 0 aliphatic carbocycles. The van der Waals surface area contributed by atoms with Crippen molar-refractivity contribution < 1.29 is 9.63 Å². The van der Waals surface area contributed by atoms with Gasteiger partial charge in [-0.2, -0.15) is 15.0 Å². The SMILES string of the molecule is O=C(NCc1cnn(-c2ccccc2)n1)[C@H]1CC(Cc2ccccc2)=NO1. The number of carbonyl (C=O) groups is 1. The van der Waals surface area contributed by atoms with E-state index in [1.54, 1.807) is 6.20 Å². The molecule has 7 nitrogen and oxygen atoms in total. The van der Waals surface area contributed by atoms with Gasteiger partial charge in [0.25, 0.3) is 5.91 Å². The van der Waals surface area contributed by atoms with E-state index in [1.165, 1.54) is 4.80 Å². The Labute approximate surface area is 156 Å². The number of para-hydroxylation sites is 1. The number of carbonyl (C=O) groups excluding carboxylic acids is 1. The van der Waals surface area contributed by atoms with Crippen LogP contribution >= 0.6 is 0 Å². The summed E-state index contributed by atoms with van der Waals surface area (Å²) in [6, 6.07) is 19.6. The fourth-order valence-corrected chi connectivity index (χ4v) is 2.86. The summed E-state index contributed by atoms with van der Waals surface area (Å²) in [6.45, 7) is 0.291. The molecule has 136 valence electrons. The van der Waals surface area contributed by atoms with Gasteiger partial charge in [0.05, 0.1) is 24.1 Å². The Morgan fingerprint density at radius 3 is 2.63 bits per heavy atom. The molecular weight excluding hydrogens is 342 g/mol. The van der Waals surface area contributed by atoms with Gasteiger partial charge in [0.2, 0.25) is 6.10 Å². The topological polar surface area (TPSA) is 81.4 Å². The van der Waals surface area contributed by atoms with Crippen LogP contribution in [0.3, 0.4) is 0 Å². The fraction of sp³-hybridized carbons (Fsp3) is 0.200. The molecule has 2 heterocycles. The van der Waals surface area contributed by atoms with E-state index in [0.717, 1.165) is 17.0 Å². The Hall–Kier alpha value is -3.48. The molecule has 1 aliphatic heterocycles. The summed E-state index contributed by atoms with van der Waals surface area (Å²) >= 11 is 0. The molecule has 0 saturated heterocycles. The molecule has 0 saturated carbocycles. The lowest BCUT2D eigenvalue weighted by Crippen LogP contribution is -2.34. The lowest BCUT2D eigenvalue weighted by molar-refractivity contribution is -0.131. The Bertz CT molecular complexity index is 937. The Morgan fingerprint density at radius 1 is 1.11 bits per heavy atom. The first-order valence-corrected chi connectivity index (χ1v) is 8.78. The van der Waals surface area contributed by atoms with Crippen LogP contribution in [0.25, 0.3) is 5.69 Å². The first kappa shape index (κ1) is 17.0. The van der Waals surface area contributed by atoms with Crippen LogP contribution in [0.15, 0.2) is 72.0 Å². The quantitative estimate of drug-likeness (QED) is 0.730. The highest BCUT2D eigenvalue weighted by molar-refractivity contribution is 5.93. The number of benzene rings is 2. The minimum Gasteiger partial charge on any atom is -0.382 e. The van der Waals surface area contributed by atoms with Crippen LogP contribution in [0.4, 0.5) is 0 Å². The van der Waals surface area contributed by atoms with E-state index < -0.39 is 6.10 Å². The van der Waals surface area contributed by atoms with Gasteiger partial charge in [-0.25, -0.2) is 0 Å². The van der Waals surface area contributed by atoms with Gasteiger partial charge in [0, 0.05) is 12.8 Å². The van der Waals surface area contributed by atoms with Crippen LogP contribution in [0.2, 0.25) is 0 Å². The number of hydrogen-bond donors (Lipinski definition) is 1. The van der Waals surface area contributed by atoms with Crippen molar-refractivity contribution in [3.63, 3.8) is 0 Å². The molecule has 0 radical (unpaired) electrons. The first-order valence-electron chi connectivity index (χ1n) is 8.78. The normalized spacial score (nSPS) is 15.9. The smallest absolute Gasteiger partial charge is 0.264 e. The zero-order valence-electron chi connectivity index (χ0n) is 14.7. The molecule has 0 bridgehead atoms. The number of rotatable bonds is 6. The summed E-state index contributed by atoms with van der Waals surface area (Å²) in [5, 5.41) is 15.5. The van der Waals surface area contributed by atoms with Gasteiger partial charge in [-0.3, -0.25) is 4.79 Å². The van der Waals surface area contributed by atoms with Crippen molar-refractivity contribution in [3.8, 4) is 5.69 Å². The number of oxime groups is 1. The summed E-state index contributed by atoms with van der Waals surface area (Å²) in [6.07, 6.45) is 2.24. The maximum Gasteiger partial charge on any atom is 0.264 e. The Morgan fingerprint density at radius 2 is 1.85 bits per heavy atom. The summed E-state index contributed by atoms with van der Waals surface area (Å²) < 4.78 is 0. The zero-order valence-corrected chi connectivity index (χ0v) is 14.7. The maximum atomic E-state index is 12.3. The average molecular weight is 361 g/mol. The molecule has 0 fully saturated rings. The van der Waals surface area contributed by atoms with Crippen LogP contribution in [-0.2, 0) is 22.6 Å². The number of nitrogens with zero attached hydrogens (tertiary/aromatic N) is 4. The predicted octanol–water partition coefficient (Wildman–Crippen LogP) is 2.27. The summed E-state index contributed by atoms with van der Waals surface area (Å²) in [7, 11) is 0. The number of aromatic nitrogens is 3. The average Bonchev–Trinajstić information content (AvgIpc) is 3.37. The third-order valence-electron chi connectivity index (χ3n) is 4.24.